The minimum Gasteiger partial charge on any atom is -0.369 e. The molecule has 0 unspecified atom stereocenters. The van der Waals surface area contributed by atoms with E-state index < -0.39 is 0 Å². The van der Waals surface area contributed by atoms with Crippen LogP contribution in [-0.2, 0) is 0 Å². The topological polar surface area (TPSA) is 53.9 Å². The van der Waals surface area contributed by atoms with Gasteiger partial charge in [-0.15, -0.1) is 0 Å². The quantitative estimate of drug-likeness (QED) is 0.794. The van der Waals surface area contributed by atoms with Crippen LogP contribution < -0.4 is 5.32 Å². The largest absolute Gasteiger partial charge is 0.369 e. The van der Waals surface area contributed by atoms with Gasteiger partial charge in [0.2, 0.25) is 0 Å². The van der Waals surface area contributed by atoms with Crippen LogP contribution in [-0.4, -0.2) is 46.0 Å². The van der Waals surface area contributed by atoms with Crippen molar-refractivity contribution in [2.75, 3.05) is 31.5 Å². The Morgan fingerprint density at radius 1 is 1.14 bits per heavy atom. The maximum atomic E-state index is 4.48. The Bertz CT molecular complexity index is 592. The van der Waals surface area contributed by atoms with E-state index in [2.05, 4.69) is 52.0 Å². The molecule has 0 saturated carbocycles. The molecule has 0 amide bonds. The zero-order chi connectivity index (χ0) is 15.2. The van der Waals surface area contributed by atoms with Gasteiger partial charge in [-0.3, -0.25) is 0 Å². The van der Waals surface area contributed by atoms with Crippen LogP contribution in [0.25, 0.3) is 11.0 Å². The van der Waals surface area contributed by atoms with E-state index in [1.807, 2.05) is 6.92 Å². The summed E-state index contributed by atoms with van der Waals surface area (Å²) >= 11 is 0. The zero-order valence-electron chi connectivity index (χ0n) is 13.5. The Morgan fingerprint density at radius 2 is 1.90 bits per heavy atom. The molecule has 114 valence electrons. The summed E-state index contributed by atoms with van der Waals surface area (Å²) < 4.78 is 0. The molecule has 1 N–H and O–H groups in total. The molecule has 0 aliphatic carbocycles. The Labute approximate surface area is 126 Å². The van der Waals surface area contributed by atoms with Gasteiger partial charge in [-0.1, -0.05) is 13.8 Å². The molecule has 5 nitrogen and oxygen atoms in total. The standard InChI is InChI=1S/C16H25N5/c1-5-21(6-2)9-7-8-17-15-14-12(3)10-13(4)20-16(14)19-11-18-15/h10-11H,5-9H2,1-4H3,(H,17,18,19,20). The molecule has 0 saturated heterocycles. The fraction of sp³-hybridized carbons (Fsp3) is 0.562. The third-order valence-electron chi connectivity index (χ3n) is 3.77. The number of fused-ring (bicyclic) bond motifs is 1. The van der Waals surface area contributed by atoms with Crippen LogP contribution in [0.2, 0.25) is 0 Å². The van der Waals surface area contributed by atoms with E-state index >= 15 is 0 Å². The number of rotatable bonds is 7. The number of aryl methyl sites for hydroxylation is 2. The number of nitrogens with one attached hydrogen (secondary N) is 1. The Kier molecular flexibility index (Phi) is 5.44. The van der Waals surface area contributed by atoms with E-state index in [1.165, 1.54) is 5.56 Å². The maximum Gasteiger partial charge on any atom is 0.165 e. The van der Waals surface area contributed by atoms with Crippen LogP contribution in [0, 0.1) is 13.8 Å². The van der Waals surface area contributed by atoms with Crippen LogP contribution in [0.1, 0.15) is 31.5 Å². The molecule has 2 heterocycles. The lowest BCUT2D eigenvalue weighted by Gasteiger charge is -2.18. The third kappa shape index (κ3) is 3.88. The van der Waals surface area contributed by atoms with Crippen molar-refractivity contribution in [3.63, 3.8) is 0 Å². The lowest BCUT2D eigenvalue weighted by atomic mass is 10.1. The zero-order valence-corrected chi connectivity index (χ0v) is 13.5. The summed E-state index contributed by atoms with van der Waals surface area (Å²) in [6.45, 7) is 12.7. The molecule has 2 rings (SSSR count). The Balaban J connectivity index is 2.05. The summed E-state index contributed by atoms with van der Waals surface area (Å²) in [5, 5.41) is 4.47. The van der Waals surface area contributed by atoms with E-state index in [-0.39, 0.29) is 0 Å². The molecule has 0 radical (unpaired) electrons. The van der Waals surface area contributed by atoms with Crippen molar-refractivity contribution in [2.45, 2.75) is 34.1 Å². The third-order valence-corrected chi connectivity index (χ3v) is 3.77. The lowest BCUT2D eigenvalue weighted by molar-refractivity contribution is 0.303. The van der Waals surface area contributed by atoms with Crippen LogP contribution in [0.3, 0.4) is 0 Å². The van der Waals surface area contributed by atoms with Crippen LogP contribution in [0.5, 0.6) is 0 Å². The molecular formula is C16H25N5. The fourth-order valence-electron chi connectivity index (χ4n) is 2.59. The Morgan fingerprint density at radius 3 is 2.62 bits per heavy atom. The SMILES string of the molecule is CCN(CC)CCCNc1ncnc2nc(C)cc(C)c12. The molecule has 0 fully saturated rings. The molecule has 0 aliphatic heterocycles. The number of hydrogen-bond donors (Lipinski definition) is 1. The van der Waals surface area contributed by atoms with Crippen molar-refractivity contribution in [2.24, 2.45) is 0 Å². The van der Waals surface area contributed by atoms with Crippen molar-refractivity contribution in [3.05, 3.63) is 23.7 Å². The van der Waals surface area contributed by atoms with Crippen molar-refractivity contribution in [3.8, 4) is 0 Å². The van der Waals surface area contributed by atoms with Gasteiger partial charge in [-0.25, -0.2) is 15.0 Å². The molecule has 5 heteroatoms. The van der Waals surface area contributed by atoms with E-state index in [1.54, 1.807) is 6.33 Å². The van der Waals surface area contributed by atoms with Gasteiger partial charge in [0.05, 0.1) is 5.39 Å². The average molecular weight is 287 g/mol. The maximum absolute atomic E-state index is 4.48. The van der Waals surface area contributed by atoms with Gasteiger partial charge in [0, 0.05) is 12.2 Å². The molecule has 0 spiro atoms. The highest BCUT2D eigenvalue weighted by Gasteiger charge is 2.08. The summed E-state index contributed by atoms with van der Waals surface area (Å²) in [4.78, 5) is 15.6. The summed E-state index contributed by atoms with van der Waals surface area (Å²) in [5.41, 5.74) is 2.93. The smallest absolute Gasteiger partial charge is 0.165 e. The molecule has 2 aromatic heterocycles. The second-order valence-electron chi connectivity index (χ2n) is 5.31. The molecule has 0 aromatic carbocycles. The predicted octanol–water partition coefficient (Wildman–Crippen LogP) is 2.79. The first-order valence-corrected chi connectivity index (χ1v) is 7.70. The minimum absolute atomic E-state index is 0.772. The predicted molar refractivity (Wildman–Crippen MR) is 87.7 cm³/mol. The lowest BCUT2D eigenvalue weighted by Crippen LogP contribution is -2.25. The first-order chi connectivity index (χ1) is 10.2. The number of nitrogens with zero attached hydrogens (tertiary/aromatic N) is 4. The number of aromatic nitrogens is 3. The molecule has 2 aromatic rings. The van der Waals surface area contributed by atoms with E-state index in [0.717, 1.165) is 55.1 Å². The van der Waals surface area contributed by atoms with Crippen molar-refractivity contribution < 1.29 is 0 Å². The van der Waals surface area contributed by atoms with Crippen molar-refractivity contribution >= 4 is 16.9 Å². The number of hydrogen-bond acceptors (Lipinski definition) is 5. The summed E-state index contributed by atoms with van der Waals surface area (Å²) in [5.74, 6) is 0.893. The van der Waals surface area contributed by atoms with E-state index in [4.69, 9.17) is 0 Å². The van der Waals surface area contributed by atoms with Crippen LogP contribution in [0.15, 0.2) is 12.4 Å². The normalized spacial score (nSPS) is 11.3. The first kappa shape index (κ1) is 15.6. The van der Waals surface area contributed by atoms with E-state index in [0.29, 0.717) is 0 Å². The highest BCUT2D eigenvalue weighted by Crippen LogP contribution is 2.22. The number of anilines is 1. The van der Waals surface area contributed by atoms with Crippen LogP contribution >= 0.6 is 0 Å². The van der Waals surface area contributed by atoms with Crippen molar-refractivity contribution in [1.82, 2.24) is 19.9 Å². The second kappa shape index (κ2) is 7.31. The summed E-state index contributed by atoms with van der Waals surface area (Å²) in [7, 11) is 0. The summed E-state index contributed by atoms with van der Waals surface area (Å²) in [6, 6.07) is 2.08. The fourth-order valence-corrected chi connectivity index (χ4v) is 2.59. The highest BCUT2D eigenvalue weighted by atomic mass is 15.1. The molecule has 21 heavy (non-hydrogen) atoms. The van der Waals surface area contributed by atoms with Crippen LogP contribution in [0.4, 0.5) is 5.82 Å². The second-order valence-corrected chi connectivity index (χ2v) is 5.31. The van der Waals surface area contributed by atoms with Gasteiger partial charge in [-0.05, 0) is 51.5 Å². The molecular weight excluding hydrogens is 262 g/mol. The number of pyridine rings is 1. The average Bonchev–Trinajstić information content (AvgIpc) is 2.47. The van der Waals surface area contributed by atoms with Gasteiger partial charge in [0.25, 0.3) is 0 Å². The van der Waals surface area contributed by atoms with E-state index in [9.17, 15) is 0 Å². The molecule has 0 atom stereocenters. The summed E-state index contributed by atoms with van der Waals surface area (Å²) in [6.07, 6.45) is 2.69. The Hall–Kier alpha value is -1.75. The van der Waals surface area contributed by atoms with Gasteiger partial charge < -0.3 is 10.2 Å². The highest BCUT2D eigenvalue weighted by molar-refractivity contribution is 5.89. The van der Waals surface area contributed by atoms with Crippen molar-refractivity contribution in [1.29, 1.82) is 0 Å². The van der Waals surface area contributed by atoms with Gasteiger partial charge in [0.1, 0.15) is 12.1 Å². The van der Waals surface area contributed by atoms with Gasteiger partial charge in [-0.2, -0.15) is 0 Å². The van der Waals surface area contributed by atoms with Gasteiger partial charge >= 0.3 is 0 Å². The molecule has 0 bridgehead atoms. The van der Waals surface area contributed by atoms with Gasteiger partial charge in [0.15, 0.2) is 5.65 Å². The monoisotopic (exact) mass is 287 g/mol. The minimum atomic E-state index is 0.772. The molecule has 0 aliphatic rings. The first-order valence-electron chi connectivity index (χ1n) is 7.70.